The average Bonchev–Trinajstić information content (AvgIpc) is 3.03. The quantitative estimate of drug-likeness (QED) is 0.888. The number of nitrogens with one attached hydrogen (secondary N) is 1. The molecule has 0 unspecified atom stereocenters. The van der Waals surface area contributed by atoms with E-state index in [1.807, 2.05) is 32.2 Å². The molecule has 1 amide bonds. The molecular formula is C14H19N3O2S. The van der Waals surface area contributed by atoms with Gasteiger partial charge in [0, 0.05) is 29.7 Å². The molecule has 20 heavy (non-hydrogen) atoms. The molecule has 2 heterocycles. The summed E-state index contributed by atoms with van der Waals surface area (Å²) in [6, 6.07) is 1.85. The molecular weight excluding hydrogens is 274 g/mol. The largest absolute Gasteiger partial charge is 0.395 e. The van der Waals surface area contributed by atoms with Crippen LogP contribution >= 0.6 is 11.3 Å². The molecule has 2 aromatic heterocycles. The van der Waals surface area contributed by atoms with Crippen LogP contribution in [0, 0.1) is 6.92 Å². The van der Waals surface area contributed by atoms with Crippen molar-refractivity contribution in [1.82, 2.24) is 14.9 Å². The number of hydrogen-bond acceptors (Lipinski definition) is 4. The number of thiazole rings is 1. The third-order valence-electron chi connectivity index (χ3n) is 3.05. The molecule has 6 heteroatoms. The van der Waals surface area contributed by atoms with Gasteiger partial charge in [0.05, 0.1) is 17.3 Å². The zero-order valence-electron chi connectivity index (χ0n) is 11.9. The van der Waals surface area contributed by atoms with Crippen molar-refractivity contribution in [3.63, 3.8) is 0 Å². The summed E-state index contributed by atoms with van der Waals surface area (Å²) in [7, 11) is 0. The van der Waals surface area contributed by atoms with Gasteiger partial charge >= 0.3 is 0 Å². The molecule has 108 valence electrons. The van der Waals surface area contributed by atoms with Gasteiger partial charge in [-0.15, -0.1) is 11.3 Å². The Balaban J connectivity index is 2.21. The number of H-pyrrole nitrogens is 1. The molecule has 0 spiro atoms. The molecule has 0 fully saturated rings. The Labute approximate surface area is 122 Å². The van der Waals surface area contributed by atoms with Gasteiger partial charge in [-0.1, -0.05) is 0 Å². The summed E-state index contributed by atoms with van der Waals surface area (Å²) < 4.78 is 0. The first-order valence-electron chi connectivity index (χ1n) is 6.55. The summed E-state index contributed by atoms with van der Waals surface area (Å²) in [5.74, 6) is -0.104. The highest BCUT2D eigenvalue weighted by Crippen LogP contribution is 2.22. The second kappa shape index (κ2) is 6.19. The molecule has 2 aromatic rings. The van der Waals surface area contributed by atoms with E-state index in [9.17, 15) is 4.79 Å². The number of amides is 1. The number of rotatable bonds is 5. The van der Waals surface area contributed by atoms with Crippen LogP contribution in [0.1, 0.15) is 29.3 Å². The first-order chi connectivity index (χ1) is 9.52. The first-order valence-corrected chi connectivity index (χ1v) is 7.43. The van der Waals surface area contributed by atoms with Crippen LogP contribution in [0.5, 0.6) is 0 Å². The van der Waals surface area contributed by atoms with Gasteiger partial charge in [0.15, 0.2) is 0 Å². The Kier molecular flexibility index (Phi) is 4.57. The lowest BCUT2D eigenvalue weighted by Crippen LogP contribution is -2.39. The SMILES string of the molecule is Cc1nc(-c2c[nH]c(C(=O)N(CCO)C(C)C)c2)cs1. The van der Waals surface area contributed by atoms with Crippen LogP contribution in [-0.2, 0) is 0 Å². The molecule has 0 aromatic carbocycles. The van der Waals surface area contributed by atoms with Crippen LogP contribution in [0.3, 0.4) is 0 Å². The van der Waals surface area contributed by atoms with Crippen LogP contribution in [0.15, 0.2) is 17.6 Å². The monoisotopic (exact) mass is 293 g/mol. The van der Waals surface area contributed by atoms with E-state index < -0.39 is 0 Å². The van der Waals surface area contributed by atoms with Gasteiger partial charge in [0.1, 0.15) is 5.69 Å². The predicted molar refractivity (Wildman–Crippen MR) is 79.9 cm³/mol. The Morgan fingerprint density at radius 3 is 2.85 bits per heavy atom. The maximum atomic E-state index is 12.4. The maximum absolute atomic E-state index is 12.4. The minimum atomic E-state index is -0.104. The van der Waals surface area contributed by atoms with Crippen molar-refractivity contribution in [2.45, 2.75) is 26.8 Å². The molecule has 0 saturated heterocycles. The van der Waals surface area contributed by atoms with E-state index in [4.69, 9.17) is 5.11 Å². The lowest BCUT2D eigenvalue weighted by atomic mass is 10.2. The molecule has 5 nitrogen and oxygen atoms in total. The highest BCUT2D eigenvalue weighted by molar-refractivity contribution is 7.09. The lowest BCUT2D eigenvalue weighted by molar-refractivity contribution is 0.0660. The van der Waals surface area contributed by atoms with Crippen LogP contribution in [0.2, 0.25) is 0 Å². The Morgan fingerprint density at radius 1 is 1.55 bits per heavy atom. The number of carbonyl (C=O) groups excluding carboxylic acids is 1. The normalized spacial score (nSPS) is 11.1. The van der Waals surface area contributed by atoms with Gasteiger partial charge in [-0.2, -0.15) is 0 Å². The van der Waals surface area contributed by atoms with Crippen molar-refractivity contribution in [3.8, 4) is 11.3 Å². The highest BCUT2D eigenvalue weighted by atomic mass is 32.1. The summed E-state index contributed by atoms with van der Waals surface area (Å²) in [4.78, 5) is 21.4. The van der Waals surface area contributed by atoms with Crippen LogP contribution in [0.25, 0.3) is 11.3 Å². The van der Waals surface area contributed by atoms with Gasteiger partial charge in [-0.3, -0.25) is 4.79 Å². The Bertz CT molecular complexity index is 589. The van der Waals surface area contributed by atoms with Gasteiger partial charge in [0.2, 0.25) is 0 Å². The third kappa shape index (κ3) is 3.08. The first kappa shape index (κ1) is 14.7. The van der Waals surface area contributed by atoms with Crippen molar-refractivity contribution in [2.24, 2.45) is 0 Å². The minimum absolute atomic E-state index is 0.0389. The number of aromatic nitrogens is 2. The van der Waals surface area contributed by atoms with Gasteiger partial charge < -0.3 is 15.0 Å². The summed E-state index contributed by atoms with van der Waals surface area (Å²) in [5, 5.41) is 12.0. The summed E-state index contributed by atoms with van der Waals surface area (Å²) in [6.45, 7) is 6.11. The average molecular weight is 293 g/mol. The Morgan fingerprint density at radius 2 is 2.30 bits per heavy atom. The van der Waals surface area contributed by atoms with E-state index >= 15 is 0 Å². The number of carbonyl (C=O) groups is 1. The molecule has 0 bridgehead atoms. The van der Waals surface area contributed by atoms with Gasteiger partial charge in [-0.05, 0) is 26.8 Å². The number of aryl methyl sites for hydroxylation is 1. The number of nitrogens with zero attached hydrogens (tertiary/aromatic N) is 2. The maximum Gasteiger partial charge on any atom is 0.270 e. The second-order valence-corrected chi connectivity index (χ2v) is 5.93. The fraction of sp³-hybridized carbons (Fsp3) is 0.429. The van der Waals surface area contributed by atoms with Gasteiger partial charge in [-0.25, -0.2) is 4.98 Å². The standard InChI is InChI=1S/C14H19N3O2S/c1-9(2)17(4-5-18)14(19)12-6-11(7-15-12)13-8-20-10(3)16-13/h6-9,15,18H,4-5H2,1-3H3. The topological polar surface area (TPSA) is 69.2 Å². The number of aliphatic hydroxyl groups is 1. The van der Waals surface area contributed by atoms with E-state index in [1.54, 1.807) is 22.4 Å². The smallest absolute Gasteiger partial charge is 0.270 e. The molecule has 0 aliphatic heterocycles. The van der Waals surface area contributed by atoms with Crippen molar-refractivity contribution >= 4 is 17.2 Å². The van der Waals surface area contributed by atoms with E-state index in [-0.39, 0.29) is 18.6 Å². The highest BCUT2D eigenvalue weighted by Gasteiger charge is 2.20. The Hall–Kier alpha value is -1.66. The second-order valence-electron chi connectivity index (χ2n) is 4.87. The number of aromatic amines is 1. The van der Waals surface area contributed by atoms with E-state index in [1.165, 1.54) is 0 Å². The molecule has 0 radical (unpaired) electrons. The summed E-state index contributed by atoms with van der Waals surface area (Å²) in [6.07, 6.45) is 1.79. The lowest BCUT2D eigenvalue weighted by Gasteiger charge is -2.25. The van der Waals surface area contributed by atoms with Crippen molar-refractivity contribution < 1.29 is 9.90 Å². The molecule has 0 aliphatic rings. The number of aliphatic hydroxyl groups excluding tert-OH is 1. The zero-order valence-corrected chi connectivity index (χ0v) is 12.7. The molecule has 2 N–H and O–H groups in total. The van der Waals surface area contributed by atoms with Crippen molar-refractivity contribution in [1.29, 1.82) is 0 Å². The zero-order chi connectivity index (χ0) is 14.7. The van der Waals surface area contributed by atoms with Crippen molar-refractivity contribution in [3.05, 3.63) is 28.3 Å². The molecule has 0 atom stereocenters. The van der Waals surface area contributed by atoms with E-state index in [2.05, 4.69) is 9.97 Å². The van der Waals surface area contributed by atoms with Crippen LogP contribution in [0.4, 0.5) is 0 Å². The van der Waals surface area contributed by atoms with E-state index in [0.29, 0.717) is 12.2 Å². The number of hydrogen-bond donors (Lipinski definition) is 2. The minimum Gasteiger partial charge on any atom is -0.395 e. The molecule has 0 saturated carbocycles. The van der Waals surface area contributed by atoms with Crippen molar-refractivity contribution in [2.75, 3.05) is 13.2 Å². The fourth-order valence-electron chi connectivity index (χ4n) is 2.02. The van der Waals surface area contributed by atoms with Gasteiger partial charge in [0.25, 0.3) is 5.91 Å². The summed E-state index contributed by atoms with van der Waals surface area (Å²) >= 11 is 1.58. The van der Waals surface area contributed by atoms with Crippen LogP contribution < -0.4 is 0 Å². The fourth-order valence-corrected chi connectivity index (χ4v) is 2.64. The summed E-state index contributed by atoms with van der Waals surface area (Å²) in [5.41, 5.74) is 2.30. The molecule has 2 rings (SSSR count). The predicted octanol–water partition coefficient (Wildman–Crippen LogP) is 2.29. The molecule has 0 aliphatic carbocycles. The third-order valence-corrected chi connectivity index (χ3v) is 3.83. The van der Waals surface area contributed by atoms with Crippen LogP contribution in [-0.4, -0.2) is 45.1 Å². The van der Waals surface area contributed by atoms with E-state index in [0.717, 1.165) is 16.3 Å².